The molecule has 2 aromatic rings. The van der Waals surface area contributed by atoms with Crippen molar-refractivity contribution in [3.8, 4) is 5.75 Å². The second-order valence-electron chi connectivity index (χ2n) is 4.83. The highest BCUT2D eigenvalue weighted by molar-refractivity contribution is 6.30. The van der Waals surface area contributed by atoms with E-state index in [1.54, 1.807) is 29.1 Å². The summed E-state index contributed by atoms with van der Waals surface area (Å²) in [5, 5.41) is 13.6. The summed E-state index contributed by atoms with van der Waals surface area (Å²) >= 11 is 5.92. The summed E-state index contributed by atoms with van der Waals surface area (Å²) in [5.74, 6) is 0.883. The van der Waals surface area contributed by atoms with Crippen LogP contribution in [0.4, 0.5) is 16.3 Å². The Labute approximate surface area is 133 Å². The molecule has 22 heavy (non-hydrogen) atoms. The molecule has 1 aromatic carbocycles. The first-order chi connectivity index (χ1) is 10.5. The number of amides is 2. The standard InChI is InChI=1S/C14H18ClN5O2/c1-4-22-12-7-10(15)5-6-11(12)16-14(21)17-13-8-20(9(2)3)19-18-13/h5-9H,4H2,1-3H3,(H2,16,17,21). The molecule has 8 heteroatoms. The maximum absolute atomic E-state index is 12.0. The van der Waals surface area contributed by atoms with Gasteiger partial charge in [0, 0.05) is 17.1 Å². The summed E-state index contributed by atoms with van der Waals surface area (Å²) in [4.78, 5) is 12.0. The number of anilines is 2. The summed E-state index contributed by atoms with van der Waals surface area (Å²) < 4.78 is 7.10. The molecule has 0 aliphatic heterocycles. The van der Waals surface area contributed by atoms with Crippen LogP contribution in [0.1, 0.15) is 26.8 Å². The van der Waals surface area contributed by atoms with E-state index in [9.17, 15) is 4.79 Å². The first kappa shape index (κ1) is 16.1. The number of carbonyl (C=O) groups excluding carboxylic acids is 1. The van der Waals surface area contributed by atoms with Gasteiger partial charge >= 0.3 is 6.03 Å². The Bertz CT molecular complexity index is 656. The van der Waals surface area contributed by atoms with E-state index in [0.717, 1.165) is 0 Å². The van der Waals surface area contributed by atoms with E-state index in [1.165, 1.54) is 0 Å². The lowest BCUT2D eigenvalue weighted by atomic mass is 10.3. The summed E-state index contributed by atoms with van der Waals surface area (Å²) in [6.45, 7) is 6.27. The van der Waals surface area contributed by atoms with Gasteiger partial charge in [-0.15, -0.1) is 5.10 Å². The first-order valence-electron chi connectivity index (χ1n) is 6.91. The molecular formula is C14H18ClN5O2. The molecule has 0 radical (unpaired) electrons. The third kappa shape index (κ3) is 4.11. The van der Waals surface area contributed by atoms with Crippen molar-refractivity contribution in [1.29, 1.82) is 0 Å². The van der Waals surface area contributed by atoms with Crippen molar-refractivity contribution in [3.63, 3.8) is 0 Å². The van der Waals surface area contributed by atoms with E-state index in [1.807, 2.05) is 20.8 Å². The van der Waals surface area contributed by atoms with Gasteiger partial charge in [0.25, 0.3) is 0 Å². The van der Waals surface area contributed by atoms with E-state index < -0.39 is 6.03 Å². The predicted octanol–water partition coefficient (Wildman–Crippen LogP) is 3.56. The highest BCUT2D eigenvalue weighted by atomic mass is 35.5. The smallest absolute Gasteiger partial charge is 0.325 e. The quantitative estimate of drug-likeness (QED) is 0.881. The van der Waals surface area contributed by atoms with Crippen molar-refractivity contribution in [2.24, 2.45) is 0 Å². The van der Waals surface area contributed by atoms with Crippen molar-refractivity contribution in [2.75, 3.05) is 17.2 Å². The number of aromatic nitrogens is 3. The van der Waals surface area contributed by atoms with Gasteiger partial charge < -0.3 is 10.1 Å². The third-order valence-corrected chi connectivity index (χ3v) is 3.01. The lowest BCUT2D eigenvalue weighted by Crippen LogP contribution is -2.20. The van der Waals surface area contributed by atoms with Crippen LogP contribution in [0.2, 0.25) is 5.02 Å². The Morgan fingerprint density at radius 3 is 2.82 bits per heavy atom. The first-order valence-corrected chi connectivity index (χ1v) is 7.29. The van der Waals surface area contributed by atoms with Crippen LogP contribution in [0.25, 0.3) is 0 Å². The number of hydrogen-bond acceptors (Lipinski definition) is 4. The van der Waals surface area contributed by atoms with Gasteiger partial charge in [-0.3, -0.25) is 5.32 Å². The predicted molar refractivity (Wildman–Crippen MR) is 85.7 cm³/mol. The van der Waals surface area contributed by atoms with E-state index in [0.29, 0.717) is 28.9 Å². The zero-order valence-electron chi connectivity index (χ0n) is 12.6. The Kier molecular flexibility index (Phi) is 5.21. The lowest BCUT2D eigenvalue weighted by molar-refractivity contribution is 0.262. The molecule has 0 unspecified atom stereocenters. The number of nitrogens with one attached hydrogen (secondary N) is 2. The third-order valence-electron chi connectivity index (χ3n) is 2.77. The summed E-state index contributed by atoms with van der Waals surface area (Å²) in [7, 11) is 0. The maximum Gasteiger partial charge on any atom is 0.325 e. The molecule has 0 saturated carbocycles. The number of nitrogens with zero attached hydrogens (tertiary/aromatic N) is 3. The van der Waals surface area contributed by atoms with Crippen molar-refractivity contribution < 1.29 is 9.53 Å². The molecule has 1 heterocycles. The molecule has 2 rings (SSSR count). The lowest BCUT2D eigenvalue weighted by Gasteiger charge is -2.11. The Morgan fingerprint density at radius 1 is 1.41 bits per heavy atom. The minimum atomic E-state index is -0.431. The van der Waals surface area contributed by atoms with E-state index in [-0.39, 0.29) is 6.04 Å². The van der Waals surface area contributed by atoms with Crippen LogP contribution in [-0.2, 0) is 0 Å². The second-order valence-corrected chi connectivity index (χ2v) is 5.27. The van der Waals surface area contributed by atoms with E-state index in [2.05, 4.69) is 20.9 Å². The van der Waals surface area contributed by atoms with Crippen LogP contribution in [-0.4, -0.2) is 27.6 Å². The van der Waals surface area contributed by atoms with Crippen LogP contribution >= 0.6 is 11.6 Å². The molecule has 0 saturated heterocycles. The maximum atomic E-state index is 12.0. The van der Waals surface area contributed by atoms with Gasteiger partial charge in [0.2, 0.25) is 0 Å². The molecule has 1 aromatic heterocycles. The molecule has 118 valence electrons. The molecule has 0 spiro atoms. The van der Waals surface area contributed by atoms with Gasteiger partial charge in [0.1, 0.15) is 5.75 Å². The average molecular weight is 324 g/mol. The normalized spacial score (nSPS) is 10.6. The number of rotatable bonds is 5. The highest BCUT2D eigenvalue weighted by Gasteiger charge is 2.11. The van der Waals surface area contributed by atoms with Crippen molar-refractivity contribution in [3.05, 3.63) is 29.4 Å². The number of ether oxygens (including phenoxy) is 1. The van der Waals surface area contributed by atoms with E-state index in [4.69, 9.17) is 16.3 Å². The summed E-state index contributed by atoms with van der Waals surface area (Å²) in [6, 6.07) is 4.74. The largest absolute Gasteiger partial charge is 0.492 e. The summed E-state index contributed by atoms with van der Waals surface area (Å²) in [6.07, 6.45) is 1.66. The van der Waals surface area contributed by atoms with Crippen LogP contribution in [0.5, 0.6) is 5.75 Å². The van der Waals surface area contributed by atoms with Gasteiger partial charge in [0.05, 0.1) is 18.5 Å². The molecule has 2 amide bonds. The fourth-order valence-electron chi connectivity index (χ4n) is 1.73. The summed E-state index contributed by atoms with van der Waals surface area (Å²) in [5.41, 5.74) is 0.528. The minimum Gasteiger partial charge on any atom is -0.492 e. The molecule has 2 N–H and O–H groups in total. The van der Waals surface area contributed by atoms with Crippen LogP contribution < -0.4 is 15.4 Å². The van der Waals surface area contributed by atoms with Crippen LogP contribution in [0, 0.1) is 0 Å². The average Bonchev–Trinajstić information content (AvgIpc) is 2.91. The zero-order chi connectivity index (χ0) is 16.1. The van der Waals surface area contributed by atoms with Gasteiger partial charge in [-0.1, -0.05) is 16.8 Å². The minimum absolute atomic E-state index is 0.173. The van der Waals surface area contributed by atoms with Gasteiger partial charge in [-0.05, 0) is 32.9 Å². The highest BCUT2D eigenvalue weighted by Crippen LogP contribution is 2.28. The fraction of sp³-hybridized carbons (Fsp3) is 0.357. The molecule has 0 aliphatic rings. The fourth-order valence-corrected chi connectivity index (χ4v) is 1.89. The molecular weight excluding hydrogens is 306 g/mol. The molecule has 0 bridgehead atoms. The van der Waals surface area contributed by atoms with Gasteiger partial charge in [-0.25, -0.2) is 9.48 Å². The Morgan fingerprint density at radius 2 is 2.18 bits per heavy atom. The van der Waals surface area contributed by atoms with Crippen molar-refractivity contribution in [2.45, 2.75) is 26.8 Å². The Balaban J connectivity index is 2.05. The van der Waals surface area contributed by atoms with Gasteiger partial charge in [-0.2, -0.15) is 0 Å². The number of halogens is 1. The van der Waals surface area contributed by atoms with Gasteiger partial charge in [0.15, 0.2) is 5.82 Å². The Hall–Kier alpha value is -2.28. The topological polar surface area (TPSA) is 81.1 Å². The van der Waals surface area contributed by atoms with Crippen LogP contribution in [0.3, 0.4) is 0 Å². The van der Waals surface area contributed by atoms with Crippen molar-refractivity contribution in [1.82, 2.24) is 15.0 Å². The molecule has 0 fully saturated rings. The van der Waals surface area contributed by atoms with Crippen molar-refractivity contribution >= 4 is 29.1 Å². The monoisotopic (exact) mass is 323 g/mol. The van der Waals surface area contributed by atoms with Crippen LogP contribution in [0.15, 0.2) is 24.4 Å². The van der Waals surface area contributed by atoms with E-state index >= 15 is 0 Å². The molecule has 0 atom stereocenters. The number of benzene rings is 1. The number of urea groups is 1. The zero-order valence-corrected chi connectivity index (χ0v) is 13.4. The molecule has 0 aliphatic carbocycles. The number of hydrogen-bond donors (Lipinski definition) is 2. The second kappa shape index (κ2) is 7.13. The SMILES string of the molecule is CCOc1cc(Cl)ccc1NC(=O)Nc1cn(C(C)C)nn1. The number of carbonyl (C=O) groups is 1. The molecule has 7 nitrogen and oxygen atoms in total.